The molecule has 0 bridgehead atoms. The van der Waals surface area contributed by atoms with Crippen molar-refractivity contribution in [2.45, 2.75) is 70.6 Å². The van der Waals surface area contributed by atoms with Gasteiger partial charge in [-0.05, 0) is 43.2 Å². The van der Waals surface area contributed by atoms with Crippen LogP contribution in [-0.2, 0) is 13.0 Å². The zero-order valence-corrected chi connectivity index (χ0v) is 15.8. The average molecular weight is 358 g/mol. The molecule has 26 heavy (non-hydrogen) atoms. The average Bonchev–Trinajstić information content (AvgIpc) is 3.45. The second kappa shape index (κ2) is 7.25. The van der Waals surface area contributed by atoms with Crippen molar-refractivity contribution in [1.82, 2.24) is 20.3 Å². The van der Waals surface area contributed by atoms with Crippen LogP contribution in [0.5, 0.6) is 0 Å². The van der Waals surface area contributed by atoms with Gasteiger partial charge in [0.05, 0.1) is 5.56 Å². The first-order valence-electron chi connectivity index (χ1n) is 10.0. The van der Waals surface area contributed by atoms with Crippen LogP contribution in [0.4, 0.5) is 0 Å². The summed E-state index contributed by atoms with van der Waals surface area (Å²) in [5.74, 6) is 0.285. The highest BCUT2D eigenvalue weighted by Gasteiger charge is 2.45. The number of amides is 1. The predicted octanol–water partition coefficient (Wildman–Crippen LogP) is 2.21. The molecule has 1 amide bonds. The van der Waals surface area contributed by atoms with E-state index in [0.717, 1.165) is 55.2 Å². The summed E-state index contributed by atoms with van der Waals surface area (Å²) in [6.45, 7) is 7.88. The first-order chi connectivity index (χ1) is 12.6. The van der Waals surface area contributed by atoms with Crippen molar-refractivity contribution >= 4 is 5.91 Å². The van der Waals surface area contributed by atoms with E-state index < -0.39 is 5.91 Å². The molecule has 4 unspecified atom stereocenters. The summed E-state index contributed by atoms with van der Waals surface area (Å²) >= 11 is 0. The van der Waals surface area contributed by atoms with E-state index in [1.54, 1.807) is 11.7 Å². The Hall–Kier alpha value is -1.50. The third-order valence-electron chi connectivity index (χ3n) is 6.61. The van der Waals surface area contributed by atoms with Crippen molar-refractivity contribution in [1.29, 1.82) is 0 Å². The molecule has 2 N–H and O–H groups in total. The number of aromatic nitrogens is 1. The first kappa shape index (κ1) is 17.9. The van der Waals surface area contributed by atoms with Crippen LogP contribution in [0.2, 0.25) is 0 Å². The Kier molecular flexibility index (Phi) is 4.99. The number of pyridine rings is 1. The van der Waals surface area contributed by atoms with Crippen LogP contribution in [-0.4, -0.2) is 57.1 Å². The Morgan fingerprint density at radius 3 is 2.85 bits per heavy atom. The lowest BCUT2D eigenvalue weighted by Gasteiger charge is -2.40. The Morgan fingerprint density at radius 1 is 1.31 bits per heavy atom. The molecule has 3 aliphatic rings. The molecule has 142 valence electrons. The van der Waals surface area contributed by atoms with Crippen molar-refractivity contribution in [3.8, 4) is 0 Å². The highest BCUT2D eigenvalue weighted by atomic mass is 16.5. The molecular formula is C20H30N4O2. The summed E-state index contributed by atoms with van der Waals surface area (Å²) in [6, 6.07) is 4.03. The van der Waals surface area contributed by atoms with Gasteiger partial charge in [0, 0.05) is 56.1 Å². The summed E-state index contributed by atoms with van der Waals surface area (Å²) in [4.78, 5) is 21.5. The smallest absolute Gasteiger partial charge is 0.276 e. The van der Waals surface area contributed by atoms with E-state index >= 15 is 0 Å². The van der Waals surface area contributed by atoms with Gasteiger partial charge in [0.15, 0.2) is 0 Å². The number of hydroxylamine groups is 1. The zero-order chi connectivity index (χ0) is 18.3. The fourth-order valence-corrected chi connectivity index (χ4v) is 5.10. The number of carbonyl (C=O) groups is 1. The van der Waals surface area contributed by atoms with E-state index in [4.69, 9.17) is 5.21 Å². The number of hydrogen-bond donors (Lipinski definition) is 2. The normalized spacial score (nSPS) is 33.3. The fourth-order valence-electron chi connectivity index (χ4n) is 5.10. The molecule has 6 heteroatoms. The minimum absolute atomic E-state index is 0.429. The van der Waals surface area contributed by atoms with Gasteiger partial charge in [-0.1, -0.05) is 13.8 Å². The molecule has 0 saturated carbocycles. The molecule has 0 aliphatic carbocycles. The molecule has 5 atom stereocenters. The standard InChI is InChI=1S/C20H30N4O2/c1-3-16-8-19-15(7-14(9-21-19)20(25)22-26)11-23(16)10-13-5-17(4-2)24-12-18(24)6-13/h7,9,13,16-18,26H,3-6,8,10-12H2,1-2H3,(H,22,25)/t13?,16-,17?,18?,24?/m0/s1. The molecule has 0 spiro atoms. The Labute approximate surface area is 155 Å². The SMILES string of the molecule is CCC1CC(CN2Cc3cc(C(=O)NO)cnc3C[C@@H]2CC)CC2CN12. The summed E-state index contributed by atoms with van der Waals surface area (Å²) in [6.07, 6.45) is 7.56. The largest absolute Gasteiger partial charge is 0.295 e. The van der Waals surface area contributed by atoms with E-state index in [1.807, 2.05) is 6.07 Å². The van der Waals surface area contributed by atoms with E-state index in [-0.39, 0.29) is 0 Å². The topological polar surface area (TPSA) is 68.5 Å². The van der Waals surface area contributed by atoms with E-state index in [2.05, 4.69) is 28.6 Å². The Bertz CT molecular complexity index is 680. The van der Waals surface area contributed by atoms with Gasteiger partial charge in [0.1, 0.15) is 0 Å². The van der Waals surface area contributed by atoms with Crippen LogP contribution in [0.3, 0.4) is 0 Å². The maximum atomic E-state index is 11.7. The minimum atomic E-state index is -0.489. The molecule has 6 nitrogen and oxygen atoms in total. The van der Waals surface area contributed by atoms with Gasteiger partial charge in [-0.3, -0.25) is 24.8 Å². The van der Waals surface area contributed by atoms with Crippen LogP contribution in [0.25, 0.3) is 0 Å². The summed E-state index contributed by atoms with van der Waals surface area (Å²) in [7, 11) is 0. The van der Waals surface area contributed by atoms with Gasteiger partial charge in [-0.25, -0.2) is 5.48 Å². The van der Waals surface area contributed by atoms with Crippen LogP contribution >= 0.6 is 0 Å². The lowest BCUT2D eigenvalue weighted by Crippen LogP contribution is -2.45. The van der Waals surface area contributed by atoms with E-state index in [9.17, 15) is 4.79 Å². The lowest BCUT2D eigenvalue weighted by molar-refractivity contribution is 0.0705. The monoisotopic (exact) mass is 358 g/mol. The quantitative estimate of drug-likeness (QED) is 0.480. The first-order valence-corrected chi connectivity index (χ1v) is 10.0. The number of carbonyl (C=O) groups excluding carboxylic acids is 1. The van der Waals surface area contributed by atoms with Crippen LogP contribution in [0, 0.1) is 5.92 Å². The van der Waals surface area contributed by atoms with Gasteiger partial charge in [-0.2, -0.15) is 0 Å². The lowest BCUT2D eigenvalue weighted by atomic mass is 9.88. The van der Waals surface area contributed by atoms with E-state index in [0.29, 0.717) is 11.6 Å². The highest BCUT2D eigenvalue weighted by molar-refractivity contribution is 5.93. The van der Waals surface area contributed by atoms with Crippen molar-refractivity contribution in [3.05, 3.63) is 29.1 Å². The molecule has 2 saturated heterocycles. The second-order valence-corrected chi connectivity index (χ2v) is 8.22. The fraction of sp³-hybridized carbons (Fsp3) is 0.700. The second-order valence-electron chi connectivity index (χ2n) is 8.22. The maximum Gasteiger partial charge on any atom is 0.276 e. The van der Waals surface area contributed by atoms with Crippen molar-refractivity contribution in [2.24, 2.45) is 5.92 Å². The summed E-state index contributed by atoms with van der Waals surface area (Å²) in [5, 5.41) is 8.88. The highest BCUT2D eigenvalue weighted by Crippen LogP contribution is 2.39. The Morgan fingerprint density at radius 2 is 2.12 bits per heavy atom. The number of piperidine rings is 1. The molecule has 4 rings (SSSR count). The molecule has 1 aromatic heterocycles. The third-order valence-corrected chi connectivity index (χ3v) is 6.61. The zero-order valence-electron chi connectivity index (χ0n) is 15.8. The number of rotatable bonds is 5. The number of hydrogen-bond acceptors (Lipinski definition) is 5. The van der Waals surface area contributed by atoms with Crippen LogP contribution in [0.15, 0.2) is 12.3 Å². The van der Waals surface area contributed by atoms with Gasteiger partial charge in [0.2, 0.25) is 0 Å². The molecule has 1 aromatic rings. The number of nitrogens with one attached hydrogen (secondary N) is 1. The molecule has 0 radical (unpaired) electrons. The molecular weight excluding hydrogens is 328 g/mol. The van der Waals surface area contributed by atoms with Gasteiger partial charge in [0.25, 0.3) is 5.91 Å². The molecule has 4 heterocycles. The maximum absolute atomic E-state index is 11.7. The van der Waals surface area contributed by atoms with E-state index in [1.165, 1.54) is 25.8 Å². The summed E-state index contributed by atoms with van der Waals surface area (Å²) < 4.78 is 0. The molecule has 0 aromatic carbocycles. The predicted molar refractivity (Wildman–Crippen MR) is 99.0 cm³/mol. The Balaban J connectivity index is 1.48. The van der Waals surface area contributed by atoms with Gasteiger partial charge >= 0.3 is 0 Å². The van der Waals surface area contributed by atoms with Gasteiger partial charge in [-0.15, -0.1) is 0 Å². The summed E-state index contributed by atoms with van der Waals surface area (Å²) in [5.41, 5.74) is 4.37. The minimum Gasteiger partial charge on any atom is -0.295 e. The van der Waals surface area contributed by atoms with Gasteiger partial charge < -0.3 is 0 Å². The molecule has 2 fully saturated rings. The molecule has 3 aliphatic heterocycles. The number of fused-ring (bicyclic) bond motifs is 2. The van der Waals surface area contributed by atoms with Crippen molar-refractivity contribution in [3.63, 3.8) is 0 Å². The van der Waals surface area contributed by atoms with Crippen molar-refractivity contribution in [2.75, 3.05) is 13.1 Å². The number of nitrogens with zero attached hydrogens (tertiary/aromatic N) is 3. The third kappa shape index (κ3) is 3.38. The van der Waals surface area contributed by atoms with Crippen LogP contribution in [0.1, 0.15) is 61.1 Å². The van der Waals surface area contributed by atoms with Crippen molar-refractivity contribution < 1.29 is 10.0 Å². The van der Waals surface area contributed by atoms with Crippen LogP contribution < -0.4 is 5.48 Å².